The first-order valence-corrected chi connectivity index (χ1v) is 15.5. The molecule has 0 radical (unpaired) electrons. The highest BCUT2D eigenvalue weighted by atomic mass is 35.5. The van der Waals surface area contributed by atoms with Gasteiger partial charge >= 0.3 is 0 Å². The van der Waals surface area contributed by atoms with Gasteiger partial charge in [0.1, 0.15) is 0 Å². The molecule has 0 fully saturated rings. The molecular weight excluding hydrogens is 732 g/mol. The van der Waals surface area contributed by atoms with Crippen LogP contribution in [-0.2, 0) is 5.41 Å². The summed E-state index contributed by atoms with van der Waals surface area (Å²) < 4.78 is 0. The fraction of sp³-hybridized carbons (Fsp3) is 0.0625. The lowest BCUT2D eigenvalue weighted by Crippen LogP contribution is -2.32. The van der Waals surface area contributed by atoms with Crippen molar-refractivity contribution in [2.45, 2.75) is 12.3 Å². The van der Waals surface area contributed by atoms with Gasteiger partial charge in [0.25, 0.3) is 0 Å². The molecule has 0 saturated heterocycles. The molecule has 0 atom stereocenters. The second-order valence-corrected chi connectivity index (χ2v) is 13.2. The summed E-state index contributed by atoms with van der Waals surface area (Å²) in [6, 6.07) is 17.7. The molecule has 0 heterocycles. The van der Waals surface area contributed by atoms with E-state index in [9.17, 15) is 20.4 Å². The van der Waals surface area contributed by atoms with E-state index < -0.39 is 5.41 Å². The van der Waals surface area contributed by atoms with Crippen LogP contribution in [0.1, 0.15) is 27.8 Å². The van der Waals surface area contributed by atoms with Gasteiger partial charge < -0.3 is 20.4 Å². The standard InChI is InChI=1S/C32H18Cl8O4/c1-13-2-3-19(18(4-13)14-5-20(33)28(41)21(34)6-14)32(15-7-22(35)29(42)23(36)8-15,16-9-24(37)30(43)25(38)10-16)17-11-26(39)31(44)27(40)12-17/h2-12,41-44H,1H3. The molecular formula is C32H18Cl8O4. The number of aryl methyl sites for hydroxylation is 1. The third kappa shape index (κ3) is 5.61. The highest BCUT2D eigenvalue weighted by Crippen LogP contribution is 2.54. The van der Waals surface area contributed by atoms with Gasteiger partial charge in [0, 0.05) is 0 Å². The maximum Gasteiger partial charge on any atom is 0.152 e. The summed E-state index contributed by atoms with van der Waals surface area (Å²) in [6.45, 7) is 1.88. The van der Waals surface area contributed by atoms with Crippen LogP contribution in [0.25, 0.3) is 11.1 Å². The first-order chi connectivity index (χ1) is 20.7. The summed E-state index contributed by atoms with van der Waals surface area (Å²) in [5.41, 5.74) is 2.13. The fourth-order valence-electron chi connectivity index (χ4n) is 5.26. The third-order valence-electron chi connectivity index (χ3n) is 7.26. The van der Waals surface area contributed by atoms with Crippen LogP contribution in [0.5, 0.6) is 23.0 Å². The molecule has 5 rings (SSSR count). The Labute approximate surface area is 292 Å². The zero-order chi connectivity index (χ0) is 32.2. The Morgan fingerprint density at radius 2 is 0.727 bits per heavy atom. The van der Waals surface area contributed by atoms with Gasteiger partial charge in [0.2, 0.25) is 0 Å². The van der Waals surface area contributed by atoms with Crippen molar-refractivity contribution in [1.29, 1.82) is 0 Å². The van der Waals surface area contributed by atoms with E-state index in [-0.39, 0.29) is 63.2 Å². The predicted molar refractivity (Wildman–Crippen MR) is 182 cm³/mol. The van der Waals surface area contributed by atoms with E-state index in [1.165, 1.54) is 36.4 Å². The molecule has 0 aliphatic rings. The maximum atomic E-state index is 10.5. The molecule has 44 heavy (non-hydrogen) atoms. The molecule has 4 nitrogen and oxygen atoms in total. The van der Waals surface area contributed by atoms with Crippen molar-refractivity contribution < 1.29 is 20.4 Å². The number of benzene rings is 5. The van der Waals surface area contributed by atoms with Gasteiger partial charge in [-0.1, -0.05) is 117 Å². The lowest BCUT2D eigenvalue weighted by atomic mass is 9.63. The van der Waals surface area contributed by atoms with Crippen molar-refractivity contribution in [2.75, 3.05) is 0 Å². The number of halogens is 8. The Morgan fingerprint density at radius 3 is 1.05 bits per heavy atom. The number of hydrogen-bond acceptors (Lipinski definition) is 4. The lowest BCUT2D eigenvalue weighted by molar-refractivity contribution is 0.474. The molecule has 5 aromatic rings. The molecule has 0 spiro atoms. The van der Waals surface area contributed by atoms with E-state index in [1.807, 2.05) is 25.1 Å². The second kappa shape index (κ2) is 12.4. The fourth-order valence-corrected chi connectivity index (χ4v) is 7.21. The summed E-state index contributed by atoms with van der Waals surface area (Å²) in [7, 11) is 0. The van der Waals surface area contributed by atoms with E-state index in [0.717, 1.165) is 5.56 Å². The molecule has 0 saturated carbocycles. The first kappa shape index (κ1) is 33.0. The number of hydrogen-bond donors (Lipinski definition) is 4. The van der Waals surface area contributed by atoms with Crippen LogP contribution in [0.4, 0.5) is 0 Å². The molecule has 0 amide bonds. The van der Waals surface area contributed by atoms with Gasteiger partial charge in [0.15, 0.2) is 23.0 Å². The highest BCUT2D eigenvalue weighted by Gasteiger charge is 2.43. The molecule has 0 aliphatic carbocycles. The number of rotatable bonds is 5. The van der Waals surface area contributed by atoms with Gasteiger partial charge in [0.05, 0.1) is 45.6 Å². The Hall–Kier alpha value is -2.38. The van der Waals surface area contributed by atoms with Gasteiger partial charge in [-0.25, -0.2) is 0 Å². The Balaban J connectivity index is 2.10. The summed E-state index contributed by atoms with van der Waals surface area (Å²) >= 11 is 51.9. The van der Waals surface area contributed by atoms with Crippen LogP contribution in [0.15, 0.2) is 66.7 Å². The Bertz CT molecular complexity index is 1740. The van der Waals surface area contributed by atoms with Crippen molar-refractivity contribution in [3.63, 3.8) is 0 Å². The largest absolute Gasteiger partial charge is 0.505 e. The highest BCUT2D eigenvalue weighted by molar-refractivity contribution is 6.39. The van der Waals surface area contributed by atoms with Crippen LogP contribution in [0.2, 0.25) is 40.2 Å². The normalized spacial score (nSPS) is 11.7. The maximum absolute atomic E-state index is 10.5. The Morgan fingerprint density at radius 1 is 0.432 bits per heavy atom. The van der Waals surface area contributed by atoms with E-state index in [4.69, 9.17) is 92.8 Å². The number of phenols is 4. The minimum Gasteiger partial charge on any atom is -0.505 e. The van der Waals surface area contributed by atoms with Crippen molar-refractivity contribution in [3.8, 4) is 34.1 Å². The van der Waals surface area contributed by atoms with Crippen molar-refractivity contribution >= 4 is 92.8 Å². The zero-order valence-corrected chi connectivity index (χ0v) is 28.2. The first-order valence-electron chi connectivity index (χ1n) is 12.5. The molecule has 0 aliphatic heterocycles. The summed E-state index contributed by atoms with van der Waals surface area (Å²) in [5, 5.41) is 41.5. The van der Waals surface area contributed by atoms with Crippen LogP contribution in [-0.4, -0.2) is 20.4 Å². The van der Waals surface area contributed by atoms with E-state index in [1.54, 1.807) is 12.1 Å². The third-order valence-corrected chi connectivity index (χ3v) is 9.56. The quantitative estimate of drug-likeness (QED) is 0.135. The van der Waals surface area contributed by atoms with Crippen molar-refractivity contribution in [2.24, 2.45) is 0 Å². The SMILES string of the molecule is Cc1ccc(C(c2cc(Cl)c(O)c(Cl)c2)(c2cc(Cl)c(O)c(Cl)c2)c2cc(Cl)c(O)c(Cl)c2)c(-c2cc(Cl)c(O)c(Cl)c2)c1. The number of phenolic OH excluding ortho intramolecular Hbond substituents is 4. The molecule has 5 aromatic carbocycles. The monoisotopic (exact) mass is 746 g/mol. The van der Waals surface area contributed by atoms with Crippen LogP contribution in [0.3, 0.4) is 0 Å². The van der Waals surface area contributed by atoms with E-state index in [2.05, 4.69) is 0 Å². The van der Waals surface area contributed by atoms with Gasteiger partial charge in [-0.2, -0.15) is 0 Å². The molecule has 12 heteroatoms. The Kier molecular flexibility index (Phi) is 9.32. The molecule has 0 aromatic heterocycles. The van der Waals surface area contributed by atoms with Crippen LogP contribution in [0, 0.1) is 6.92 Å². The average molecular weight is 750 g/mol. The minimum absolute atomic E-state index is 0.00715. The van der Waals surface area contributed by atoms with E-state index >= 15 is 0 Å². The average Bonchev–Trinajstić information content (AvgIpc) is 2.96. The van der Waals surface area contributed by atoms with Crippen LogP contribution < -0.4 is 0 Å². The summed E-state index contributed by atoms with van der Waals surface area (Å²) in [4.78, 5) is 0. The van der Waals surface area contributed by atoms with E-state index in [0.29, 0.717) is 33.4 Å². The predicted octanol–water partition coefficient (Wildman–Crippen LogP) is 12.1. The van der Waals surface area contributed by atoms with Crippen LogP contribution >= 0.6 is 92.8 Å². The lowest BCUT2D eigenvalue weighted by Gasteiger charge is -2.39. The van der Waals surface area contributed by atoms with Gasteiger partial charge in [-0.3, -0.25) is 0 Å². The van der Waals surface area contributed by atoms with Gasteiger partial charge in [-0.15, -0.1) is 0 Å². The van der Waals surface area contributed by atoms with Crippen molar-refractivity contribution in [3.05, 3.63) is 135 Å². The second-order valence-electron chi connectivity index (χ2n) is 9.95. The topological polar surface area (TPSA) is 80.9 Å². The minimum atomic E-state index is -1.52. The zero-order valence-electron chi connectivity index (χ0n) is 22.2. The summed E-state index contributed by atoms with van der Waals surface area (Å²) in [6.07, 6.45) is 0. The van der Waals surface area contributed by atoms with Crippen molar-refractivity contribution in [1.82, 2.24) is 0 Å². The molecule has 4 N–H and O–H groups in total. The summed E-state index contributed by atoms with van der Waals surface area (Å²) in [5.74, 6) is -1.34. The number of aromatic hydroxyl groups is 4. The smallest absolute Gasteiger partial charge is 0.152 e. The molecule has 0 bridgehead atoms. The van der Waals surface area contributed by atoms with Gasteiger partial charge in [-0.05, 0) is 88.8 Å². The molecule has 226 valence electrons. The molecule has 0 unspecified atom stereocenters.